The van der Waals surface area contributed by atoms with Gasteiger partial charge in [0.05, 0.1) is 36.1 Å². The van der Waals surface area contributed by atoms with E-state index in [0.29, 0.717) is 17.3 Å². The predicted molar refractivity (Wildman–Crippen MR) is 91.4 cm³/mol. The Bertz CT molecular complexity index is 832. The summed E-state index contributed by atoms with van der Waals surface area (Å²) >= 11 is 0. The molecule has 2 aromatic rings. The molecule has 0 amide bonds. The lowest BCUT2D eigenvalue weighted by Crippen LogP contribution is -2.43. The molecule has 8 heteroatoms. The lowest BCUT2D eigenvalue weighted by Gasteiger charge is -2.27. The van der Waals surface area contributed by atoms with Crippen LogP contribution in [0.1, 0.15) is 6.92 Å². The van der Waals surface area contributed by atoms with Crippen LogP contribution in [-0.2, 0) is 0 Å². The number of anilines is 2. The summed E-state index contributed by atoms with van der Waals surface area (Å²) in [7, 11) is 1.56. The summed E-state index contributed by atoms with van der Waals surface area (Å²) in [5.74, 6) is 0.591. The first-order valence-corrected chi connectivity index (χ1v) is 7.13. The maximum atomic E-state index is 10.6. The third-order valence-corrected chi connectivity index (χ3v) is 3.79. The van der Waals surface area contributed by atoms with Crippen LogP contribution in [0.15, 0.2) is 59.2 Å². The minimum atomic E-state index is 0. The van der Waals surface area contributed by atoms with E-state index in [-0.39, 0.29) is 11.4 Å². The van der Waals surface area contributed by atoms with Crippen molar-refractivity contribution >= 4 is 22.8 Å². The van der Waals surface area contributed by atoms with E-state index in [1.54, 1.807) is 24.4 Å². The van der Waals surface area contributed by atoms with E-state index in [1.807, 2.05) is 42.3 Å². The lowest BCUT2D eigenvalue weighted by atomic mass is 10.1. The fourth-order valence-corrected chi connectivity index (χ4v) is 2.69. The molecule has 2 aliphatic rings. The summed E-state index contributed by atoms with van der Waals surface area (Å²) in [6.07, 6.45) is 1.62. The average Bonchev–Trinajstić information content (AvgIpc) is 2.93. The Kier molecular flexibility index (Phi) is 3.84. The van der Waals surface area contributed by atoms with Crippen molar-refractivity contribution in [1.29, 1.82) is 0 Å². The molecule has 4 rings (SSSR count). The van der Waals surface area contributed by atoms with Gasteiger partial charge in [0.25, 0.3) is 0 Å². The third kappa shape index (κ3) is 2.25. The van der Waals surface area contributed by atoms with Gasteiger partial charge in [-0.2, -0.15) is 0 Å². The Hall–Kier alpha value is -3.10. The summed E-state index contributed by atoms with van der Waals surface area (Å²) in [6.45, 7) is 1.87. The summed E-state index contributed by atoms with van der Waals surface area (Å²) < 4.78 is 5.06. The smallest absolute Gasteiger partial charge is 0.236 e. The summed E-state index contributed by atoms with van der Waals surface area (Å²) in [5, 5.41) is 14.0. The molecule has 2 aliphatic heterocycles. The molecule has 4 N–H and O–H groups in total. The number of nitrogens with zero attached hydrogens (tertiary/aromatic N) is 4. The van der Waals surface area contributed by atoms with Crippen molar-refractivity contribution < 1.29 is 15.3 Å². The summed E-state index contributed by atoms with van der Waals surface area (Å²) in [5.41, 5.74) is 6.94. The van der Waals surface area contributed by atoms with Crippen molar-refractivity contribution in [2.24, 2.45) is 4.99 Å². The topological polar surface area (TPSA) is 105 Å². The van der Waals surface area contributed by atoms with Crippen molar-refractivity contribution in [2.75, 3.05) is 17.1 Å². The fourth-order valence-electron chi connectivity index (χ4n) is 2.69. The standard InChI is InChI=1S/C16H15N5O2.H2O/c1-10-15-16(22)20(11-7-8-14(23-2)17-9-11)19-21(15)13-6-4-3-5-12(13)18-10;/h3-9,19,22H,1-2H3;1H2. The molecule has 0 saturated heterocycles. The number of ether oxygens (including phenoxy) is 1. The molecule has 0 radical (unpaired) electrons. The fraction of sp³-hybridized carbons (Fsp3) is 0.125. The van der Waals surface area contributed by atoms with Gasteiger partial charge in [-0.1, -0.05) is 12.1 Å². The lowest BCUT2D eigenvalue weighted by molar-refractivity contribution is 0.387. The first-order valence-electron chi connectivity index (χ1n) is 7.13. The van der Waals surface area contributed by atoms with Gasteiger partial charge in [-0.3, -0.25) is 0 Å². The number of methoxy groups -OCH3 is 1. The summed E-state index contributed by atoms with van der Waals surface area (Å²) in [6, 6.07) is 11.3. The number of hydrogen-bond donors (Lipinski definition) is 2. The van der Waals surface area contributed by atoms with Crippen molar-refractivity contribution in [1.82, 2.24) is 10.5 Å². The minimum Gasteiger partial charge on any atom is -0.492 e. The Morgan fingerprint density at radius 2 is 1.92 bits per heavy atom. The van der Waals surface area contributed by atoms with Crippen molar-refractivity contribution in [3.63, 3.8) is 0 Å². The number of aliphatic hydroxyl groups excluding tert-OH is 1. The quantitative estimate of drug-likeness (QED) is 0.872. The van der Waals surface area contributed by atoms with Crippen molar-refractivity contribution in [3.8, 4) is 5.88 Å². The highest BCUT2D eigenvalue weighted by Gasteiger charge is 2.36. The van der Waals surface area contributed by atoms with E-state index in [2.05, 4.69) is 15.5 Å². The van der Waals surface area contributed by atoms with Gasteiger partial charge in [-0.25, -0.2) is 20.0 Å². The van der Waals surface area contributed by atoms with Crippen LogP contribution in [0.4, 0.5) is 17.1 Å². The molecule has 3 heterocycles. The van der Waals surface area contributed by atoms with Gasteiger partial charge < -0.3 is 15.3 Å². The highest BCUT2D eigenvalue weighted by Crippen LogP contribution is 2.39. The zero-order valence-corrected chi connectivity index (χ0v) is 13.2. The highest BCUT2D eigenvalue weighted by molar-refractivity contribution is 6.07. The van der Waals surface area contributed by atoms with E-state index in [1.165, 1.54) is 0 Å². The first-order chi connectivity index (χ1) is 11.2. The molecule has 0 spiro atoms. The molecule has 0 bridgehead atoms. The van der Waals surface area contributed by atoms with E-state index < -0.39 is 0 Å². The van der Waals surface area contributed by atoms with Crippen LogP contribution in [-0.4, -0.2) is 28.4 Å². The second-order valence-electron chi connectivity index (χ2n) is 5.19. The number of aromatic nitrogens is 1. The number of pyridine rings is 1. The van der Waals surface area contributed by atoms with Crippen molar-refractivity contribution in [3.05, 3.63) is 54.2 Å². The second-order valence-corrected chi connectivity index (χ2v) is 5.19. The second kappa shape index (κ2) is 5.84. The van der Waals surface area contributed by atoms with Gasteiger partial charge in [0.1, 0.15) is 5.70 Å². The molecule has 0 saturated carbocycles. The minimum absolute atomic E-state index is 0. The number of rotatable bonds is 2. The molecular formula is C16H17N5O3. The maximum Gasteiger partial charge on any atom is 0.236 e. The van der Waals surface area contributed by atoms with Crippen LogP contribution in [0.3, 0.4) is 0 Å². The average molecular weight is 327 g/mol. The Labute approximate surface area is 138 Å². The number of aliphatic imine (C=N–C) groups is 1. The molecule has 8 nitrogen and oxygen atoms in total. The maximum absolute atomic E-state index is 10.6. The Balaban J connectivity index is 0.00000169. The monoisotopic (exact) mass is 327 g/mol. The van der Waals surface area contributed by atoms with E-state index >= 15 is 0 Å². The number of benzene rings is 1. The number of hydrazine groups is 2. The van der Waals surface area contributed by atoms with Crippen molar-refractivity contribution in [2.45, 2.75) is 6.92 Å². The van der Waals surface area contributed by atoms with Crippen LogP contribution < -0.4 is 20.3 Å². The molecule has 1 aromatic heterocycles. The number of hydrogen-bond acceptors (Lipinski definition) is 7. The van der Waals surface area contributed by atoms with Crippen LogP contribution in [0.2, 0.25) is 0 Å². The Morgan fingerprint density at radius 3 is 2.62 bits per heavy atom. The molecular weight excluding hydrogens is 310 g/mol. The molecule has 1 aromatic carbocycles. The number of fused-ring (bicyclic) bond motifs is 3. The van der Waals surface area contributed by atoms with Crippen LogP contribution in [0, 0.1) is 0 Å². The highest BCUT2D eigenvalue weighted by atomic mass is 16.5. The van der Waals surface area contributed by atoms with Gasteiger partial charge in [0.15, 0.2) is 0 Å². The number of aliphatic hydroxyl groups is 1. The molecule has 0 atom stereocenters. The molecule has 24 heavy (non-hydrogen) atoms. The molecule has 0 unspecified atom stereocenters. The number of allylic oxidation sites excluding steroid dienone is 1. The third-order valence-electron chi connectivity index (χ3n) is 3.79. The van der Waals surface area contributed by atoms with E-state index in [4.69, 9.17) is 4.74 Å². The zero-order chi connectivity index (χ0) is 16.0. The summed E-state index contributed by atoms with van der Waals surface area (Å²) in [4.78, 5) is 8.72. The van der Waals surface area contributed by atoms with Gasteiger partial charge in [0, 0.05) is 6.07 Å². The van der Waals surface area contributed by atoms with Crippen LogP contribution >= 0.6 is 0 Å². The SMILES string of the molecule is COc1ccc(N2NN3C(=C2O)C(C)=Nc2ccccc23)cn1.O. The van der Waals surface area contributed by atoms with Crippen LogP contribution in [0.5, 0.6) is 5.88 Å². The van der Waals surface area contributed by atoms with E-state index in [9.17, 15) is 5.11 Å². The zero-order valence-electron chi connectivity index (χ0n) is 13.2. The number of para-hydroxylation sites is 2. The number of nitrogens with one attached hydrogen (secondary N) is 1. The Morgan fingerprint density at radius 1 is 1.12 bits per heavy atom. The van der Waals surface area contributed by atoms with Gasteiger partial charge in [-0.05, 0) is 25.1 Å². The van der Waals surface area contributed by atoms with E-state index in [0.717, 1.165) is 17.1 Å². The predicted octanol–water partition coefficient (Wildman–Crippen LogP) is 1.84. The molecule has 0 fully saturated rings. The first kappa shape index (κ1) is 15.8. The molecule has 0 aliphatic carbocycles. The normalized spacial score (nSPS) is 15.5. The van der Waals surface area contributed by atoms with Gasteiger partial charge >= 0.3 is 0 Å². The van der Waals surface area contributed by atoms with Crippen LogP contribution in [0.25, 0.3) is 0 Å². The van der Waals surface area contributed by atoms with Gasteiger partial charge in [-0.15, -0.1) is 5.53 Å². The molecule has 124 valence electrons. The largest absolute Gasteiger partial charge is 0.492 e. The van der Waals surface area contributed by atoms with Gasteiger partial charge in [0.2, 0.25) is 11.8 Å².